The van der Waals surface area contributed by atoms with E-state index in [1.165, 1.54) is 41.5 Å². The van der Waals surface area contributed by atoms with Gasteiger partial charge in [-0.25, -0.2) is 0 Å². The van der Waals surface area contributed by atoms with Crippen molar-refractivity contribution in [2.24, 2.45) is 5.73 Å². The highest BCUT2D eigenvalue weighted by Crippen LogP contribution is 2.69. The van der Waals surface area contributed by atoms with Crippen molar-refractivity contribution < 1.29 is 0 Å². The number of hydrogen-bond acceptors (Lipinski definition) is 1. The highest BCUT2D eigenvalue weighted by Gasteiger charge is 2.64. The molecule has 1 nitrogen and oxygen atoms in total. The maximum absolute atomic E-state index is 6.85. The van der Waals surface area contributed by atoms with Crippen LogP contribution in [0.2, 0.25) is 0 Å². The summed E-state index contributed by atoms with van der Waals surface area (Å²) in [6.45, 7) is 19.0. The van der Waals surface area contributed by atoms with Gasteiger partial charge in [0.1, 0.15) is 0 Å². The van der Waals surface area contributed by atoms with E-state index in [1.807, 2.05) is 0 Å². The molecule has 2 aromatic carbocycles. The van der Waals surface area contributed by atoms with E-state index < -0.39 is 0 Å². The molecule has 2 unspecified atom stereocenters. The summed E-state index contributed by atoms with van der Waals surface area (Å²) < 4.78 is 0. The van der Waals surface area contributed by atoms with Crippen molar-refractivity contribution in [1.82, 2.24) is 0 Å². The fraction of sp³-hybridized carbons (Fsp3) is 0.625. The Morgan fingerprint density at radius 3 is 1.45 bits per heavy atom. The van der Waals surface area contributed by atoms with Crippen molar-refractivity contribution >= 4 is 0 Å². The van der Waals surface area contributed by atoms with Crippen molar-refractivity contribution in [3.05, 3.63) is 57.6 Å². The van der Waals surface area contributed by atoms with Gasteiger partial charge < -0.3 is 5.73 Å². The van der Waals surface area contributed by atoms with E-state index >= 15 is 0 Å². The molecule has 3 aliphatic carbocycles. The molecule has 2 N–H and O–H groups in total. The predicted octanol–water partition coefficient (Wildman–Crippen LogP) is 7.87. The van der Waals surface area contributed by atoms with Gasteiger partial charge in [-0.2, -0.15) is 0 Å². The molecular formula is C32H45N. The lowest BCUT2D eigenvalue weighted by Gasteiger charge is -2.49. The van der Waals surface area contributed by atoms with Crippen molar-refractivity contribution in [3.8, 4) is 11.1 Å². The topological polar surface area (TPSA) is 26.0 Å². The van der Waals surface area contributed by atoms with Gasteiger partial charge in [0.25, 0.3) is 0 Å². The number of rotatable bonds is 2. The Balaban J connectivity index is 1.92. The maximum Gasteiger partial charge on any atom is 0.00715 e. The molecule has 33 heavy (non-hydrogen) atoms. The first-order chi connectivity index (χ1) is 15.4. The first-order valence-corrected chi connectivity index (χ1v) is 13.5. The molecular weight excluding hydrogens is 398 g/mol. The van der Waals surface area contributed by atoms with E-state index in [2.05, 4.69) is 79.7 Å². The minimum atomic E-state index is 0.157. The van der Waals surface area contributed by atoms with Crippen molar-refractivity contribution in [2.75, 3.05) is 0 Å². The fourth-order valence-corrected chi connectivity index (χ4v) is 8.25. The summed E-state index contributed by atoms with van der Waals surface area (Å²) in [6, 6.07) is 10.8. The Morgan fingerprint density at radius 1 is 0.727 bits per heavy atom. The van der Waals surface area contributed by atoms with Crippen molar-refractivity contribution in [2.45, 2.75) is 128 Å². The normalized spacial score (nSPS) is 28.3. The molecule has 5 rings (SSSR count). The van der Waals surface area contributed by atoms with E-state index in [-0.39, 0.29) is 21.7 Å². The van der Waals surface area contributed by atoms with Gasteiger partial charge in [0.2, 0.25) is 0 Å². The molecule has 0 aliphatic heterocycles. The Kier molecular flexibility index (Phi) is 5.05. The minimum absolute atomic E-state index is 0.157. The zero-order valence-corrected chi connectivity index (χ0v) is 22.4. The lowest BCUT2D eigenvalue weighted by molar-refractivity contribution is 0.298. The molecule has 178 valence electrons. The molecule has 0 saturated heterocycles. The van der Waals surface area contributed by atoms with E-state index in [4.69, 9.17) is 5.73 Å². The standard InChI is InChI=1S/C32H45N/c1-9-20-14-23-24-15-21(10-2)26(30(6,7)8)17-28(24)32-13-11-12-31(32,18-22(33)19-32)27(23)16-25(20)29(3,4)5/h14-17,22H,9-13,18-19,33H2,1-8H3. The number of aryl methyl sites for hydroxylation is 2. The quantitative estimate of drug-likeness (QED) is 0.502. The van der Waals surface area contributed by atoms with Gasteiger partial charge in [0, 0.05) is 16.9 Å². The smallest absolute Gasteiger partial charge is 0.00715 e. The predicted molar refractivity (Wildman–Crippen MR) is 142 cm³/mol. The van der Waals surface area contributed by atoms with Crippen LogP contribution in [0.15, 0.2) is 24.3 Å². The monoisotopic (exact) mass is 443 g/mol. The van der Waals surface area contributed by atoms with Gasteiger partial charge in [0.15, 0.2) is 0 Å². The van der Waals surface area contributed by atoms with Crippen LogP contribution in [0.1, 0.15) is 121 Å². The molecule has 2 aromatic rings. The molecule has 0 heterocycles. The molecule has 0 radical (unpaired) electrons. The third-order valence-corrected chi connectivity index (χ3v) is 9.53. The SMILES string of the molecule is CCc1cc2c(cc1C(C)(C)C)C13CCCC1(CC(N)C3)c1cc(C(C)(C)C)c(CC)cc1-2. The van der Waals surface area contributed by atoms with Crippen LogP contribution in [0.3, 0.4) is 0 Å². The molecule has 3 aliphatic rings. The lowest BCUT2D eigenvalue weighted by Crippen LogP contribution is -2.44. The molecule has 0 bridgehead atoms. The summed E-state index contributed by atoms with van der Waals surface area (Å²) in [5.41, 5.74) is 20.0. The third kappa shape index (κ3) is 3.07. The van der Waals surface area contributed by atoms with E-state index in [9.17, 15) is 0 Å². The van der Waals surface area contributed by atoms with Crippen LogP contribution in [-0.4, -0.2) is 6.04 Å². The average molecular weight is 444 g/mol. The van der Waals surface area contributed by atoms with Crippen molar-refractivity contribution in [3.63, 3.8) is 0 Å². The first kappa shape index (κ1) is 23.2. The summed E-state index contributed by atoms with van der Waals surface area (Å²) in [7, 11) is 0. The largest absolute Gasteiger partial charge is 0.328 e. The van der Waals surface area contributed by atoms with Gasteiger partial charge in [-0.05, 0) is 93.9 Å². The average Bonchev–Trinajstić information content (AvgIpc) is 3.23. The summed E-state index contributed by atoms with van der Waals surface area (Å²) in [4.78, 5) is 0. The van der Waals surface area contributed by atoms with Gasteiger partial charge in [-0.15, -0.1) is 0 Å². The first-order valence-electron chi connectivity index (χ1n) is 13.5. The lowest BCUT2D eigenvalue weighted by atomic mass is 9.54. The highest BCUT2D eigenvalue weighted by atomic mass is 14.8. The zero-order valence-electron chi connectivity index (χ0n) is 22.4. The Labute approximate surface area is 202 Å². The third-order valence-electron chi connectivity index (χ3n) is 9.53. The molecule has 2 atom stereocenters. The molecule has 0 amide bonds. The van der Waals surface area contributed by atoms with Gasteiger partial charge in [-0.1, -0.05) is 86.1 Å². The molecule has 2 saturated carbocycles. The molecule has 0 aromatic heterocycles. The van der Waals surface area contributed by atoms with Crippen LogP contribution in [0.5, 0.6) is 0 Å². The van der Waals surface area contributed by atoms with Gasteiger partial charge in [0.05, 0.1) is 0 Å². The summed E-state index contributed by atoms with van der Waals surface area (Å²) in [6.07, 6.45) is 8.39. The number of nitrogens with two attached hydrogens (primary N) is 1. The number of benzene rings is 2. The van der Waals surface area contributed by atoms with Crippen LogP contribution >= 0.6 is 0 Å². The van der Waals surface area contributed by atoms with Crippen molar-refractivity contribution in [1.29, 1.82) is 0 Å². The Bertz CT molecular complexity index is 1020. The zero-order chi connectivity index (χ0) is 24.0. The molecule has 0 spiro atoms. The van der Waals surface area contributed by atoms with Crippen LogP contribution in [-0.2, 0) is 34.5 Å². The van der Waals surface area contributed by atoms with Crippen LogP contribution in [0.25, 0.3) is 11.1 Å². The molecule has 2 fully saturated rings. The summed E-state index contributed by atoms with van der Waals surface area (Å²) in [5, 5.41) is 0. The Hall–Kier alpha value is -1.60. The van der Waals surface area contributed by atoms with E-state index in [1.54, 1.807) is 22.3 Å². The summed E-state index contributed by atoms with van der Waals surface area (Å²) >= 11 is 0. The highest BCUT2D eigenvalue weighted by molar-refractivity contribution is 5.81. The van der Waals surface area contributed by atoms with Crippen LogP contribution < -0.4 is 5.73 Å². The van der Waals surface area contributed by atoms with Gasteiger partial charge in [-0.3, -0.25) is 0 Å². The van der Waals surface area contributed by atoms with Crippen LogP contribution in [0, 0.1) is 0 Å². The number of fused-ring (bicyclic) bond motifs is 3. The van der Waals surface area contributed by atoms with Gasteiger partial charge >= 0.3 is 0 Å². The maximum atomic E-state index is 6.85. The fourth-order valence-electron chi connectivity index (χ4n) is 8.25. The number of hydrogen-bond donors (Lipinski definition) is 1. The molecule has 1 heteroatoms. The minimum Gasteiger partial charge on any atom is -0.328 e. The van der Waals surface area contributed by atoms with Crippen LogP contribution in [0.4, 0.5) is 0 Å². The second-order valence-corrected chi connectivity index (χ2v) is 13.5. The summed E-state index contributed by atoms with van der Waals surface area (Å²) in [5.74, 6) is 0. The Morgan fingerprint density at radius 2 is 1.12 bits per heavy atom. The second kappa shape index (κ2) is 7.20. The second-order valence-electron chi connectivity index (χ2n) is 13.5. The van der Waals surface area contributed by atoms with E-state index in [0.29, 0.717) is 6.04 Å². The van der Waals surface area contributed by atoms with E-state index in [0.717, 1.165) is 25.7 Å².